The van der Waals surface area contributed by atoms with Crippen LogP contribution in [0.3, 0.4) is 0 Å². The molecule has 4 nitrogen and oxygen atoms in total. The third-order valence-electron chi connectivity index (χ3n) is 4.70. The van der Waals surface area contributed by atoms with Crippen molar-refractivity contribution in [1.82, 2.24) is 0 Å². The van der Waals surface area contributed by atoms with Gasteiger partial charge in [0.05, 0.1) is 6.61 Å². The Kier molecular flexibility index (Phi) is 5.78. The molecule has 0 atom stereocenters. The van der Waals surface area contributed by atoms with Crippen LogP contribution in [0.15, 0.2) is 54.4 Å². The van der Waals surface area contributed by atoms with Gasteiger partial charge in [0.15, 0.2) is 0 Å². The molecule has 0 radical (unpaired) electrons. The van der Waals surface area contributed by atoms with E-state index in [-0.39, 0.29) is 5.57 Å². The van der Waals surface area contributed by atoms with Gasteiger partial charge in [-0.3, -0.25) is 0 Å². The molecular formula is C24H24FO4-. The number of halogens is 1. The number of hydrogen-bond acceptors (Lipinski definition) is 4. The highest BCUT2D eigenvalue weighted by Crippen LogP contribution is 2.44. The van der Waals surface area contributed by atoms with Crippen molar-refractivity contribution in [3.05, 3.63) is 71.1 Å². The molecule has 1 aliphatic rings. The Morgan fingerprint density at radius 1 is 1.21 bits per heavy atom. The second-order valence-corrected chi connectivity index (χ2v) is 7.55. The number of carbonyl (C=O) groups excluding carboxylic acids is 1. The molecule has 2 aromatic rings. The summed E-state index contributed by atoms with van der Waals surface area (Å²) in [5, 5.41) is 11.1. The van der Waals surface area contributed by atoms with Crippen LogP contribution in [-0.2, 0) is 4.79 Å². The van der Waals surface area contributed by atoms with Gasteiger partial charge in [-0.15, -0.1) is 0 Å². The topological polar surface area (TPSA) is 58.6 Å². The Labute approximate surface area is 170 Å². The van der Waals surface area contributed by atoms with Crippen molar-refractivity contribution in [3.63, 3.8) is 0 Å². The van der Waals surface area contributed by atoms with E-state index in [1.807, 2.05) is 57.2 Å². The van der Waals surface area contributed by atoms with Crippen molar-refractivity contribution in [2.24, 2.45) is 0 Å². The highest BCUT2D eigenvalue weighted by Gasteiger charge is 2.29. The molecule has 0 saturated heterocycles. The van der Waals surface area contributed by atoms with E-state index in [4.69, 9.17) is 9.47 Å². The molecule has 0 fully saturated rings. The lowest BCUT2D eigenvalue weighted by Crippen LogP contribution is -2.29. The first-order valence-corrected chi connectivity index (χ1v) is 9.60. The Morgan fingerprint density at radius 3 is 2.52 bits per heavy atom. The fourth-order valence-electron chi connectivity index (χ4n) is 3.35. The molecule has 152 valence electrons. The minimum atomic E-state index is -1.85. The average Bonchev–Trinajstić information content (AvgIpc) is 2.69. The Hall–Kier alpha value is -3.08. The fourth-order valence-corrected chi connectivity index (χ4v) is 3.35. The molecule has 0 saturated carbocycles. The second kappa shape index (κ2) is 8.11. The third-order valence-corrected chi connectivity index (χ3v) is 4.70. The SMILES string of the molecule is CCCOc1cc2c(cc1/C(C)=C(/F)C(=O)[O-])C(c1ccccc1)=CC(C)(C)O2. The summed E-state index contributed by atoms with van der Waals surface area (Å²) < 4.78 is 26.1. The predicted molar refractivity (Wildman–Crippen MR) is 109 cm³/mol. The number of carboxylic acids is 1. The summed E-state index contributed by atoms with van der Waals surface area (Å²) in [6, 6.07) is 13.2. The third kappa shape index (κ3) is 4.34. The summed E-state index contributed by atoms with van der Waals surface area (Å²) in [5.41, 5.74) is 2.44. The normalized spacial score (nSPS) is 15.6. The molecule has 3 rings (SSSR count). The summed E-state index contributed by atoms with van der Waals surface area (Å²) in [4.78, 5) is 11.1. The van der Waals surface area contributed by atoms with Crippen LogP contribution in [0, 0.1) is 0 Å². The van der Waals surface area contributed by atoms with Crippen molar-refractivity contribution in [2.45, 2.75) is 39.7 Å². The molecule has 0 amide bonds. The van der Waals surface area contributed by atoms with Gasteiger partial charge in [0.25, 0.3) is 0 Å². The lowest BCUT2D eigenvalue weighted by atomic mass is 9.88. The molecule has 0 aromatic heterocycles. The maximum atomic E-state index is 14.2. The van der Waals surface area contributed by atoms with Gasteiger partial charge < -0.3 is 19.4 Å². The monoisotopic (exact) mass is 395 g/mol. The zero-order valence-electron chi connectivity index (χ0n) is 17.0. The van der Waals surface area contributed by atoms with E-state index in [0.29, 0.717) is 23.7 Å². The lowest BCUT2D eigenvalue weighted by molar-refractivity contribution is -0.301. The maximum Gasteiger partial charge on any atom is 0.149 e. The number of carboxylic acid groups (broad SMARTS) is 1. The summed E-state index contributed by atoms with van der Waals surface area (Å²) in [6.07, 6.45) is 2.76. The molecule has 0 spiro atoms. The number of allylic oxidation sites excluding steroid dienone is 1. The average molecular weight is 395 g/mol. The van der Waals surface area contributed by atoms with Crippen LogP contribution in [-0.4, -0.2) is 18.2 Å². The minimum Gasteiger partial charge on any atom is -0.542 e. The molecule has 1 aliphatic heterocycles. The van der Waals surface area contributed by atoms with Crippen LogP contribution < -0.4 is 14.6 Å². The number of aliphatic carboxylic acids is 1. The van der Waals surface area contributed by atoms with Gasteiger partial charge in [-0.05, 0) is 56.0 Å². The van der Waals surface area contributed by atoms with E-state index in [1.54, 1.807) is 12.1 Å². The van der Waals surface area contributed by atoms with Crippen molar-refractivity contribution >= 4 is 17.1 Å². The lowest BCUT2D eigenvalue weighted by Gasteiger charge is -2.32. The quantitative estimate of drug-likeness (QED) is 0.675. The predicted octanol–water partition coefficient (Wildman–Crippen LogP) is 4.53. The van der Waals surface area contributed by atoms with Crippen molar-refractivity contribution in [3.8, 4) is 11.5 Å². The second-order valence-electron chi connectivity index (χ2n) is 7.55. The van der Waals surface area contributed by atoms with E-state index < -0.39 is 17.4 Å². The number of hydrogen-bond donors (Lipinski definition) is 0. The van der Waals surface area contributed by atoms with Crippen molar-refractivity contribution in [1.29, 1.82) is 0 Å². The zero-order valence-corrected chi connectivity index (χ0v) is 17.0. The Balaban J connectivity index is 2.25. The standard InChI is InChI=1S/C24H25FO4/c1-5-11-28-20-13-21-18(12-17(20)15(2)22(25)23(26)27)19(14-24(3,4)29-21)16-9-7-6-8-10-16/h6-10,12-14H,5,11H2,1-4H3,(H,26,27)/p-1/b22-15+. The first-order valence-electron chi connectivity index (χ1n) is 9.60. The van der Waals surface area contributed by atoms with Crippen LogP contribution in [0.1, 0.15) is 50.8 Å². The summed E-state index contributed by atoms with van der Waals surface area (Å²) in [6.45, 7) is 7.70. The van der Waals surface area contributed by atoms with Gasteiger partial charge in [-0.2, -0.15) is 0 Å². The fraction of sp³-hybridized carbons (Fsp3) is 0.292. The van der Waals surface area contributed by atoms with E-state index in [1.165, 1.54) is 6.92 Å². The Bertz CT molecular complexity index is 987. The van der Waals surface area contributed by atoms with Gasteiger partial charge in [0.2, 0.25) is 0 Å². The molecule has 0 aliphatic carbocycles. The maximum absolute atomic E-state index is 14.2. The van der Waals surface area contributed by atoms with E-state index in [2.05, 4.69) is 0 Å². The van der Waals surface area contributed by atoms with Crippen LogP contribution in [0.4, 0.5) is 4.39 Å². The van der Waals surface area contributed by atoms with Crippen LogP contribution in [0.25, 0.3) is 11.1 Å². The van der Waals surface area contributed by atoms with Crippen LogP contribution in [0.5, 0.6) is 11.5 Å². The largest absolute Gasteiger partial charge is 0.542 e. The van der Waals surface area contributed by atoms with Gasteiger partial charge in [0, 0.05) is 17.2 Å². The molecule has 5 heteroatoms. The smallest absolute Gasteiger partial charge is 0.149 e. The highest BCUT2D eigenvalue weighted by molar-refractivity contribution is 5.94. The van der Waals surface area contributed by atoms with E-state index in [9.17, 15) is 14.3 Å². The summed E-state index contributed by atoms with van der Waals surface area (Å²) in [7, 11) is 0. The van der Waals surface area contributed by atoms with E-state index in [0.717, 1.165) is 23.1 Å². The van der Waals surface area contributed by atoms with Gasteiger partial charge in [-0.25, -0.2) is 4.39 Å². The van der Waals surface area contributed by atoms with E-state index >= 15 is 0 Å². The highest BCUT2D eigenvalue weighted by atomic mass is 19.1. The number of benzene rings is 2. The van der Waals surface area contributed by atoms with Gasteiger partial charge in [-0.1, -0.05) is 37.3 Å². The molecule has 29 heavy (non-hydrogen) atoms. The number of ether oxygens (including phenoxy) is 2. The minimum absolute atomic E-state index is 0.0452. The summed E-state index contributed by atoms with van der Waals surface area (Å²) in [5.74, 6) is -2.18. The molecule has 0 unspecified atom stereocenters. The molecular weight excluding hydrogens is 371 g/mol. The van der Waals surface area contributed by atoms with Crippen molar-refractivity contribution < 1.29 is 23.8 Å². The number of carbonyl (C=O) groups is 1. The summed E-state index contributed by atoms with van der Waals surface area (Å²) >= 11 is 0. The van der Waals surface area contributed by atoms with Gasteiger partial charge >= 0.3 is 0 Å². The van der Waals surface area contributed by atoms with Crippen LogP contribution >= 0.6 is 0 Å². The number of fused-ring (bicyclic) bond motifs is 1. The zero-order chi connectivity index (χ0) is 21.2. The molecule has 0 bridgehead atoms. The molecule has 0 N–H and O–H groups in total. The Morgan fingerprint density at radius 2 is 1.90 bits per heavy atom. The first-order chi connectivity index (χ1) is 13.7. The number of rotatable bonds is 6. The molecule has 1 heterocycles. The van der Waals surface area contributed by atoms with Crippen LogP contribution in [0.2, 0.25) is 0 Å². The van der Waals surface area contributed by atoms with Gasteiger partial charge in [0.1, 0.15) is 28.9 Å². The molecule has 2 aromatic carbocycles. The first kappa shape index (κ1) is 20.6. The van der Waals surface area contributed by atoms with Crippen molar-refractivity contribution in [2.75, 3.05) is 6.61 Å².